The summed E-state index contributed by atoms with van der Waals surface area (Å²) in [7, 11) is 3.02. The Morgan fingerprint density at radius 3 is 2.27 bits per heavy atom. The van der Waals surface area contributed by atoms with Crippen LogP contribution in [0.3, 0.4) is 0 Å². The van der Waals surface area contributed by atoms with Crippen molar-refractivity contribution in [1.82, 2.24) is 9.55 Å². The molecule has 0 fully saturated rings. The largest absolute Gasteiger partial charge is 0.497 e. The summed E-state index contributed by atoms with van der Waals surface area (Å²) in [6.45, 7) is 2.45. The standard InChI is InChI=1S/C21H22N4O5/c1-4-30-16-7-5-15(6-8-16)25-10-9-22-19(20(25)26)24-21(27)23-14-11-17(28-2)13-18(12-14)29-3/h5-13H,4H2,1-3H3,(H2,22,23,24,27). The van der Waals surface area contributed by atoms with Gasteiger partial charge in [-0.05, 0) is 31.2 Å². The van der Waals surface area contributed by atoms with Gasteiger partial charge in [-0.25, -0.2) is 9.78 Å². The van der Waals surface area contributed by atoms with E-state index in [-0.39, 0.29) is 5.82 Å². The van der Waals surface area contributed by atoms with Gasteiger partial charge < -0.3 is 19.5 Å². The molecule has 9 nitrogen and oxygen atoms in total. The van der Waals surface area contributed by atoms with Gasteiger partial charge in [0, 0.05) is 42.0 Å². The van der Waals surface area contributed by atoms with E-state index in [1.165, 1.54) is 31.2 Å². The highest BCUT2D eigenvalue weighted by Gasteiger charge is 2.12. The predicted octanol–water partition coefficient (Wildman–Crippen LogP) is 3.29. The van der Waals surface area contributed by atoms with Gasteiger partial charge in [0.25, 0.3) is 5.56 Å². The van der Waals surface area contributed by atoms with Gasteiger partial charge in [0.1, 0.15) is 17.2 Å². The third-order valence-corrected chi connectivity index (χ3v) is 4.11. The molecule has 156 valence electrons. The second-order valence-electron chi connectivity index (χ2n) is 6.06. The summed E-state index contributed by atoms with van der Waals surface area (Å²) in [5.41, 5.74) is 0.582. The number of carbonyl (C=O) groups is 1. The highest BCUT2D eigenvalue weighted by atomic mass is 16.5. The first kappa shape index (κ1) is 20.7. The fourth-order valence-electron chi connectivity index (χ4n) is 2.72. The molecule has 30 heavy (non-hydrogen) atoms. The number of anilines is 2. The molecule has 0 aliphatic carbocycles. The minimum atomic E-state index is -0.626. The van der Waals surface area contributed by atoms with E-state index in [1.54, 1.807) is 42.5 Å². The topological polar surface area (TPSA) is 104 Å². The zero-order valence-electron chi connectivity index (χ0n) is 16.8. The molecule has 0 aliphatic heterocycles. The molecule has 2 amide bonds. The lowest BCUT2D eigenvalue weighted by Gasteiger charge is -2.11. The highest BCUT2D eigenvalue weighted by Crippen LogP contribution is 2.25. The van der Waals surface area contributed by atoms with Gasteiger partial charge in [-0.1, -0.05) is 0 Å². The number of hydrogen-bond donors (Lipinski definition) is 2. The minimum Gasteiger partial charge on any atom is -0.497 e. The number of amides is 2. The molecule has 2 N–H and O–H groups in total. The number of benzene rings is 2. The lowest BCUT2D eigenvalue weighted by molar-refractivity contribution is 0.262. The van der Waals surface area contributed by atoms with Crippen LogP contribution in [-0.4, -0.2) is 36.4 Å². The summed E-state index contributed by atoms with van der Waals surface area (Å²) in [5, 5.41) is 5.11. The quantitative estimate of drug-likeness (QED) is 0.619. The van der Waals surface area contributed by atoms with Crippen molar-refractivity contribution >= 4 is 17.5 Å². The van der Waals surface area contributed by atoms with Crippen molar-refractivity contribution in [2.75, 3.05) is 31.5 Å². The molecule has 0 saturated carbocycles. The summed E-state index contributed by atoms with van der Waals surface area (Å²) >= 11 is 0. The molecule has 2 aromatic carbocycles. The molecular formula is C21H22N4O5. The summed E-state index contributed by atoms with van der Waals surface area (Å²) in [6, 6.07) is 11.3. The van der Waals surface area contributed by atoms with E-state index in [1.807, 2.05) is 6.92 Å². The molecule has 1 aromatic heterocycles. The molecule has 0 spiro atoms. The van der Waals surface area contributed by atoms with Crippen LogP contribution in [-0.2, 0) is 0 Å². The van der Waals surface area contributed by atoms with Crippen molar-refractivity contribution < 1.29 is 19.0 Å². The third-order valence-electron chi connectivity index (χ3n) is 4.11. The van der Waals surface area contributed by atoms with Gasteiger partial charge in [-0.2, -0.15) is 0 Å². The van der Waals surface area contributed by atoms with E-state index < -0.39 is 11.6 Å². The molecule has 0 bridgehead atoms. The predicted molar refractivity (Wildman–Crippen MR) is 113 cm³/mol. The van der Waals surface area contributed by atoms with Crippen molar-refractivity contribution in [3.05, 3.63) is 65.2 Å². The SMILES string of the molecule is CCOc1ccc(-n2ccnc(NC(=O)Nc3cc(OC)cc(OC)c3)c2=O)cc1. The van der Waals surface area contributed by atoms with Crippen LogP contribution >= 0.6 is 0 Å². The lowest BCUT2D eigenvalue weighted by Crippen LogP contribution is -2.28. The van der Waals surface area contributed by atoms with Gasteiger partial charge in [0.15, 0.2) is 0 Å². The Morgan fingerprint density at radius 2 is 1.67 bits per heavy atom. The molecule has 3 rings (SSSR count). The van der Waals surface area contributed by atoms with Crippen LogP contribution < -0.4 is 30.4 Å². The zero-order valence-corrected chi connectivity index (χ0v) is 16.8. The summed E-state index contributed by atoms with van der Waals surface area (Å²) < 4.78 is 17.1. The Bertz CT molecular complexity index is 1060. The zero-order chi connectivity index (χ0) is 21.5. The second kappa shape index (κ2) is 9.46. The Kier molecular flexibility index (Phi) is 6.53. The Balaban J connectivity index is 1.78. The Morgan fingerprint density at radius 1 is 1.00 bits per heavy atom. The van der Waals surface area contributed by atoms with E-state index in [4.69, 9.17) is 14.2 Å². The number of methoxy groups -OCH3 is 2. The van der Waals surface area contributed by atoms with E-state index in [0.29, 0.717) is 35.2 Å². The van der Waals surface area contributed by atoms with Gasteiger partial charge >= 0.3 is 6.03 Å². The molecule has 0 unspecified atom stereocenters. The first-order valence-electron chi connectivity index (χ1n) is 9.16. The number of urea groups is 1. The lowest BCUT2D eigenvalue weighted by atomic mass is 10.3. The van der Waals surface area contributed by atoms with Gasteiger partial charge in [-0.15, -0.1) is 0 Å². The fourth-order valence-corrected chi connectivity index (χ4v) is 2.72. The number of rotatable bonds is 7. The maximum Gasteiger partial charge on any atom is 0.325 e. The van der Waals surface area contributed by atoms with Crippen molar-refractivity contribution in [1.29, 1.82) is 0 Å². The number of nitrogens with zero attached hydrogens (tertiary/aromatic N) is 2. The van der Waals surface area contributed by atoms with Crippen LogP contribution in [0.5, 0.6) is 17.2 Å². The number of carbonyl (C=O) groups excluding carboxylic acids is 1. The first-order valence-corrected chi connectivity index (χ1v) is 9.16. The van der Waals surface area contributed by atoms with Crippen LogP contribution in [0.15, 0.2) is 59.7 Å². The van der Waals surface area contributed by atoms with Crippen molar-refractivity contribution in [2.45, 2.75) is 6.92 Å². The second-order valence-corrected chi connectivity index (χ2v) is 6.06. The van der Waals surface area contributed by atoms with Gasteiger partial charge in [0.05, 0.1) is 20.8 Å². The van der Waals surface area contributed by atoms with E-state index >= 15 is 0 Å². The fraction of sp³-hybridized carbons (Fsp3) is 0.190. The van der Waals surface area contributed by atoms with Crippen LogP contribution in [0, 0.1) is 0 Å². The maximum absolute atomic E-state index is 12.8. The van der Waals surface area contributed by atoms with E-state index in [2.05, 4.69) is 15.6 Å². The minimum absolute atomic E-state index is 0.112. The van der Waals surface area contributed by atoms with E-state index in [0.717, 1.165) is 0 Å². The summed E-state index contributed by atoms with van der Waals surface area (Å²) in [5.74, 6) is 1.62. The highest BCUT2D eigenvalue weighted by molar-refractivity contribution is 5.99. The van der Waals surface area contributed by atoms with Crippen molar-refractivity contribution in [3.8, 4) is 22.9 Å². The molecule has 3 aromatic rings. The van der Waals surface area contributed by atoms with Crippen LogP contribution in [0.1, 0.15) is 6.92 Å². The van der Waals surface area contributed by atoms with E-state index in [9.17, 15) is 9.59 Å². The number of ether oxygens (including phenoxy) is 3. The van der Waals surface area contributed by atoms with Crippen LogP contribution in [0.25, 0.3) is 5.69 Å². The van der Waals surface area contributed by atoms with Crippen molar-refractivity contribution in [2.24, 2.45) is 0 Å². The molecule has 0 atom stereocenters. The van der Waals surface area contributed by atoms with Crippen LogP contribution in [0.2, 0.25) is 0 Å². The van der Waals surface area contributed by atoms with Crippen LogP contribution in [0.4, 0.5) is 16.3 Å². The maximum atomic E-state index is 12.8. The third kappa shape index (κ3) is 4.88. The molecule has 0 saturated heterocycles. The smallest absolute Gasteiger partial charge is 0.325 e. The Hall–Kier alpha value is -4.01. The average molecular weight is 410 g/mol. The summed E-state index contributed by atoms with van der Waals surface area (Å²) in [4.78, 5) is 29.1. The summed E-state index contributed by atoms with van der Waals surface area (Å²) in [6.07, 6.45) is 2.95. The number of nitrogens with one attached hydrogen (secondary N) is 2. The first-order chi connectivity index (χ1) is 14.5. The molecule has 1 heterocycles. The molecule has 0 radical (unpaired) electrons. The molecule has 9 heteroatoms. The number of hydrogen-bond acceptors (Lipinski definition) is 6. The van der Waals surface area contributed by atoms with Gasteiger partial charge in [0.2, 0.25) is 5.82 Å². The Labute approximate surface area is 173 Å². The molecular weight excluding hydrogens is 388 g/mol. The van der Waals surface area contributed by atoms with Gasteiger partial charge in [-0.3, -0.25) is 14.7 Å². The number of aromatic nitrogens is 2. The van der Waals surface area contributed by atoms with Crippen molar-refractivity contribution in [3.63, 3.8) is 0 Å². The monoisotopic (exact) mass is 410 g/mol. The average Bonchev–Trinajstić information content (AvgIpc) is 2.75. The molecule has 0 aliphatic rings. The normalized spacial score (nSPS) is 10.2.